The summed E-state index contributed by atoms with van der Waals surface area (Å²) in [5.41, 5.74) is 0. The van der Waals surface area contributed by atoms with Crippen LogP contribution in [-0.2, 0) is 0 Å². The van der Waals surface area contributed by atoms with Crippen LogP contribution in [0.4, 0.5) is 0 Å². The Morgan fingerprint density at radius 1 is 1.30 bits per heavy atom. The van der Waals surface area contributed by atoms with E-state index in [0.717, 1.165) is 0 Å². The highest BCUT2D eigenvalue weighted by Gasteiger charge is 2.24. The van der Waals surface area contributed by atoms with Crippen molar-refractivity contribution in [2.24, 2.45) is 0 Å². The predicted octanol–water partition coefficient (Wildman–Crippen LogP) is -2.11. The molecular formula is C5H13NO4. The second-order valence-electron chi connectivity index (χ2n) is 2.42. The third-order valence-electron chi connectivity index (χ3n) is 1.05. The average molecular weight is 151 g/mol. The van der Waals surface area contributed by atoms with E-state index in [-0.39, 0.29) is 0 Å². The zero-order valence-electron chi connectivity index (χ0n) is 6.02. The molecule has 4 N–H and O–H groups in total. The number of rotatable bonds is 3. The quantitative estimate of drug-likeness (QED) is 0.347. The van der Waals surface area contributed by atoms with Crippen molar-refractivity contribution in [3.8, 4) is 0 Å². The minimum absolute atomic E-state index is 0.514. The smallest absolute Gasteiger partial charge is 0.279 e. The van der Waals surface area contributed by atoms with Crippen LogP contribution >= 0.6 is 0 Å². The van der Waals surface area contributed by atoms with Gasteiger partial charge in [-0.05, 0) is 14.1 Å². The molecule has 0 bridgehead atoms. The van der Waals surface area contributed by atoms with Crippen LogP contribution in [0.2, 0.25) is 0 Å². The highest BCUT2D eigenvalue weighted by molar-refractivity contribution is 4.56. The molecule has 0 radical (unpaired) electrons. The van der Waals surface area contributed by atoms with E-state index in [2.05, 4.69) is 0 Å². The fraction of sp³-hybridized carbons (Fsp3) is 1.00. The Kier molecular flexibility index (Phi) is 3.20. The van der Waals surface area contributed by atoms with Crippen molar-refractivity contribution in [3.05, 3.63) is 0 Å². The summed E-state index contributed by atoms with van der Waals surface area (Å²) in [6, 6.07) is 0. The first-order valence-electron chi connectivity index (χ1n) is 2.84. The molecule has 5 nitrogen and oxygen atoms in total. The number of nitrogens with zero attached hydrogens (tertiary/aromatic N) is 1. The monoisotopic (exact) mass is 151 g/mol. The maximum Gasteiger partial charge on any atom is 0.279 e. The number of aliphatic hydroxyl groups is 4. The SMILES string of the molecule is CN(C)C(O)CC(O)(O)O. The number of hydrogen-bond donors (Lipinski definition) is 4. The zero-order chi connectivity index (χ0) is 8.36. The molecule has 0 amide bonds. The van der Waals surface area contributed by atoms with E-state index >= 15 is 0 Å². The molecule has 0 aliphatic heterocycles. The molecule has 1 unspecified atom stereocenters. The van der Waals surface area contributed by atoms with Gasteiger partial charge in [-0.2, -0.15) is 0 Å². The van der Waals surface area contributed by atoms with Gasteiger partial charge in [0.2, 0.25) is 0 Å². The van der Waals surface area contributed by atoms with Gasteiger partial charge in [0.1, 0.15) is 6.23 Å². The summed E-state index contributed by atoms with van der Waals surface area (Å²) >= 11 is 0. The lowest BCUT2D eigenvalue weighted by Crippen LogP contribution is -2.38. The molecular weight excluding hydrogens is 138 g/mol. The molecule has 0 aromatic rings. The van der Waals surface area contributed by atoms with Gasteiger partial charge in [0.15, 0.2) is 0 Å². The second-order valence-corrected chi connectivity index (χ2v) is 2.42. The molecule has 5 heteroatoms. The Hall–Kier alpha value is -0.200. The largest absolute Gasteiger partial charge is 0.378 e. The molecule has 0 aliphatic carbocycles. The number of hydrogen-bond acceptors (Lipinski definition) is 5. The van der Waals surface area contributed by atoms with Crippen LogP contribution in [0.3, 0.4) is 0 Å². The van der Waals surface area contributed by atoms with Crippen molar-refractivity contribution in [1.82, 2.24) is 4.90 Å². The third-order valence-corrected chi connectivity index (χ3v) is 1.05. The Morgan fingerprint density at radius 3 is 1.80 bits per heavy atom. The normalized spacial score (nSPS) is 15.9. The molecule has 0 saturated heterocycles. The fourth-order valence-electron chi connectivity index (χ4n) is 0.428. The van der Waals surface area contributed by atoms with Crippen LogP contribution in [0.15, 0.2) is 0 Å². The zero-order valence-corrected chi connectivity index (χ0v) is 6.02. The van der Waals surface area contributed by atoms with E-state index in [1.807, 2.05) is 0 Å². The van der Waals surface area contributed by atoms with Gasteiger partial charge in [-0.1, -0.05) is 0 Å². The Bertz CT molecular complexity index is 98.3. The summed E-state index contributed by atoms with van der Waals surface area (Å²) in [5, 5.41) is 34.0. The molecule has 0 saturated carbocycles. The van der Waals surface area contributed by atoms with E-state index < -0.39 is 18.6 Å². The number of aliphatic hydroxyl groups excluding tert-OH is 1. The van der Waals surface area contributed by atoms with Gasteiger partial charge in [0.05, 0.1) is 6.42 Å². The predicted molar refractivity (Wildman–Crippen MR) is 33.7 cm³/mol. The summed E-state index contributed by atoms with van der Waals surface area (Å²) in [4.78, 5) is 1.34. The maximum atomic E-state index is 8.91. The van der Waals surface area contributed by atoms with Gasteiger partial charge in [-0.15, -0.1) is 0 Å². The van der Waals surface area contributed by atoms with Gasteiger partial charge in [-0.3, -0.25) is 4.90 Å². The maximum absolute atomic E-state index is 8.91. The average Bonchev–Trinajstić information content (AvgIpc) is 1.60. The third kappa shape index (κ3) is 4.66. The minimum Gasteiger partial charge on any atom is -0.378 e. The molecule has 0 heterocycles. The lowest BCUT2D eigenvalue weighted by Gasteiger charge is -2.22. The van der Waals surface area contributed by atoms with Gasteiger partial charge >= 0.3 is 0 Å². The van der Waals surface area contributed by atoms with Crippen LogP contribution in [0, 0.1) is 0 Å². The first-order valence-corrected chi connectivity index (χ1v) is 2.84. The summed E-state index contributed by atoms with van der Waals surface area (Å²) in [5.74, 6) is -2.79. The fourth-order valence-corrected chi connectivity index (χ4v) is 0.428. The molecule has 0 aromatic carbocycles. The van der Waals surface area contributed by atoms with Crippen molar-refractivity contribution in [2.75, 3.05) is 14.1 Å². The highest BCUT2D eigenvalue weighted by atomic mass is 16.7. The van der Waals surface area contributed by atoms with Crippen LogP contribution in [0.5, 0.6) is 0 Å². The van der Waals surface area contributed by atoms with Crippen LogP contribution in [0.1, 0.15) is 6.42 Å². The van der Waals surface area contributed by atoms with E-state index in [1.165, 1.54) is 4.90 Å². The van der Waals surface area contributed by atoms with Gasteiger partial charge < -0.3 is 20.4 Å². The second kappa shape index (κ2) is 3.27. The summed E-state index contributed by atoms with van der Waals surface area (Å²) in [7, 11) is 3.10. The molecule has 0 aliphatic rings. The highest BCUT2D eigenvalue weighted by Crippen LogP contribution is 2.05. The topological polar surface area (TPSA) is 84.2 Å². The Morgan fingerprint density at radius 2 is 1.70 bits per heavy atom. The van der Waals surface area contributed by atoms with Crippen molar-refractivity contribution in [2.45, 2.75) is 18.6 Å². The Balaban J connectivity index is 3.68. The summed E-state index contributed by atoms with van der Waals surface area (Å²) < 4.78 is 0. The van der Waals surface area contributed by atoms with Gasteiger partial charge in [0, 0.05) is 0 Å². The van der Waals surface area contributed by atoms with Crippen molar-refractivity contribution in [3.63, 3.8) is 0 Å². The molecule has 0 rings (SSSR count). The van der Waals surface area contributed by atoms with Crippen LogP contribution in [-0.4, -0.2) is 51.6 Å². The van der Waals surface area contributed by atoms with Crippen LogP contribution in [0.25, 0.3) is 0 Å². The molecule has 10 heavy (non-hydrogen) atoms. The standard InChI is InChI=1S/C5H13NO4/c1-6(2)4(7)3-5(8,9)10/h4,7-10H,3H2,1-2H3. The summed E-state index contributed by atoms with van der Waals surface area (Å²) in [6.07, 6.45) is -1.57. The van der Waals surface area contributed by atoms with Gasteiger partial charge in [-0.25, -0.2) is 0 Å². The lowest BCUT2D eigenvalue weighted by molar-refractivity contribution is -0.327. The van der Waals surface area contributed by atoms with E-state index in [4.69, 9.17) is 20.4 Å². The first kappa shape index (κ1) is 9.80. The molecule has 1 atom stereocenters. The van der Waals surface area contributed by atoms with Crippen molar-refractivity contribution >= 4 is 0 Å². The van der Waals surface area contributed by atoms with Crippen molar-refractivity contribution < 1.29 is 20.4 Å². The summed E-state index contributed by atoms with van der Waals surface area (Å²) in [6.45, 7) is 0. The van der Waals surface area contributed by atoms with E-state index in [0.29, 0.717) is 0 Å². The van der Waals surface area contributed by atoms with E-state index in [9.17, 15) is 0 Å². The minimum atomic E-state index is -2.79. The molecule has 0 aromatic heterocycles. The van der Waals surface area contributed by atoms with Gasteiger partial charge in [0.25, 0.3) is 5.97 Å². The van der Waals surface area contributed by atoms with Crippen LogP contribution < -0.4 is 0 Å². The molecule has 0 fully saturated rings. The lowest BCUT2D eigenvalue weighted by atomic mass is 10.3. The van der Waals surface area contributed by atoms with E-state index in [1.54, 1.807) is 14.1 Å². The van der Waals surface area contributed by atoms with Crippen molar-refractivity contribution in [1.29, 1.82) is 0 Å². The Labute approximate surface area is 59.1 Å². The molecule has 0 spiro atoms. The molecule has 62 valence electrons. The first-order chi connectivity index (χ1) is 4.33.